The van der Waals surface area contributed by atoms with Gasteiger partial charge in [-0.25, -0.2) is 8.78 Å². The van der Waals surface area contributed by atoms with Crippen molar-refractivity contribution in [1.29, 1.82) is 0 Å². The average Bonchev–Trinajstić information content (AvgIpc) is 3.33. The topological polar surface area (TPSA) is 12.0 Å². The lowest BCUT2D eigenvalue weighted by Crippen LogP contribution is -2.36. The van der Waals surface area contributed by atoms with Crippen LogP contribution in [0.1, 0.15) is 37.7 Å². The molecule has 1 N–H and O–H groups in total. The Bertz CT molecular complexity index is 493. The van der Waals surface area contributed by atoms with Gasteiger partial charge in [0.15, 0.2) is 0 Å². The number of nitrogens with one attached hydrogen (secondary N) is 1. The zero-order valence-corrected chi connectivity index (χ0v) is 11.7. The van der Waals surface area contributed by atoms with Crippen LogP contribution in [0.5, 0.6) is 0 Å². The third-order valence-corrected chi connectivity index (χ3v) is 5.42. The van der Waals surface area contributed by atoms with Crippen molar-refractivity contribution < 1.29 is 8.78 Å². The van der Waals surface area contributed by atoms with Gasteiger partial charge in [-0.1, -0.05) is 6.07 Å². The normalized spacial score (nSPS) is 35.1. The van der Waals surface area contributed by atoms with Crippen molar-refractivity contribution in [3.05, 3.63) is 35.4 Å². The monoisotopic (exact) mass is 277 g/mol. The summed E-state index contributed by atoms with van der Waals surface area (Å²) in [4.78, 5) is 0. The molecule has 3 fully saturated rings. The van der Waals surface area contributed by atoms with Gasteiger partial charge in [-0.2, -0.15) is 0 Å². The summed E-state index contributed by atoms with van der Waals surface area (Å²) in [5, 5.41) is 3.59. The van der Waals surface area contributed by atoms with Gasteiger partial charge in [0.2, 0.25) is 0 Å². The fourth-order valence-electron chi connectivity index (χ4n) is 4.08. The summed E-state index contributed by atoms with van der Waals surface area (Å²) in [5.74, 6) is 0.893. The zero-order chi connectivity index (χ0) is 13.7. The minimum Gasteiger partial charge on any atom is -0.313 e. The van der Waals surface area contributed by atoms with E-state index < -0.39 is 0 Å². The average molecular weight is 277 g/mol. The molecular weight excluding hydrogens is 256 g/mol. The number of benzene rings is 1. The second-order valence-electron chi connectivity index (χ2n) is 7.20. The summed E-state index contributed by atoms with van der Waals surface area (Å²) in [7, 11) is 0. The Kier molecular flexibility index (Phi) is 2.88. The van der Waals surface area contributed by atoms with Crippen molar-refractivity contribution in [2.45, 2.75) is 44.6 Å². The molecule has 108 valence electrons. The van der Waals surface area contributed by atoms with Crippen LogP contribution >= 0.6 is 0 Å². The Balaban J connectivity index is 1.55. The van der Waals surface area contributed by atoms with E-state index >= 15 is 0 Å². The van der Waals surface area contributed by atoms with Gasteiger partial charge in [-0.15, -0.1) is 0 Å². The van der Waals surface area contributed by atoms with Crippen molar-refractivity contribution in [1.82, 2.24) is 5.32 Å². The lowest BCUT2D eigenvalue weighted by molar-refractivity contribution is 0.241. The maximum absolute atomic E-state index is 13.9. The second-order valence-corrected chi connectivity index (χ2v) is 7.20. The summed E-state index contributed by atoms with van der Waals surface area (Å²) in [6.07, 6.45) is 6.70. The van der Waals surface area contributed by atoms with Crippen LogP contribution in [0.15, 0.2) is 18.2 Å². The minimum atomic E-state index is -0.378. The molecule has 3 saturated carbocycles. The predicted molar refractivity (Wildman–Crippen MR) is 74.4 cm³/mol. The number of hydrogen-bond donors (Lipinski definition) is 1. The number of halogens is 2. The van der Waals surface area contributed by atoms with Gasteiger partial charge in [0, 0.05) is 18.2 Å². The third kappa shape index (κ3) is 2.37. The van der Waals surface area contributed by atoms with Gasteiger partial charge >= 0.3 is 0 Å². The first kappa shape index (κ1) is 12.8. The van der Waals surface area contributed by atoms with Crippen LogP contribution in [0.3, 0.4) is 0 Å². The lowest BCUT2D eigenvalue weighted by atomic mass is 9.77. The first-order chi connectivity index (χ1) is 9.65. The Hall–Kier alpha value is -0.960. The summed E-state index contributed by atoms with van der Waals surface area (Å²) in [6, 6.07) is 4.89. The molecule has 1 nitrogen and oxygen atoms in total. The largest absolute Gasteiger partial charge is 0.313 e. The van der Waals surface area contributed by atoms with E-state index in [1.807, 2.05) is 0 Å². The van der Waals surface area contributed by atoms with Crippen LogP contribution in [0.25, 0.3) is 0 Å². The zero-order valence-electron chi connectivity index (χ0n) is 11.7. The highest BCUT2D eigenvalue weighted by molar-refractivity contribution is 5.23. The SMILES string of the molecule is Fc1cccc(F)c1CC1(CNC2CC2)CC2CC2C1. The van der Waals surface area contributed by atoms with Crippen molar-refractivity contribution in [3.63, 3.8) is 0 Å². The molecule has 0 amide bonds. The molecule has 3 aliphatic rings. The standard InChI is InChI=1S/C17H21F2N/c18-15-2-1-3-16(19)14(15)9-17(10-20-13-4-5-13)7-11-6-12(11)8-17/h1-3,11-13,20H,4-10H2. The minimum absolute atomic E-state index is 0.0825. The maximum atomic E-state index is 13.9. The van der Waals surface area contributed by atoms with E-state index in [1.54, 1.807) is 0 Å². The smallest absolute Gasteiger partial charge is 0.129 e. The molecule has 3 heteroatoms. The number of rotatable bonds is 5. The molecule has 3 aliphatic carbocycles. The Morgan fingerprint density at radius 1 is 1.10 bits per heavy atom. The molecule has 20 heavy (non-hydrogen) atoms. The van der Waals surface area contributed by atoms with Gasteiger partial charge in [-0.05, 0) is 67.9 Å². The van der Waals surface area contributed by atoms with Gasteiger partial charge in [0.05, 0.1) is 0 Å². The molecule has 0 heterocycles. The van der Waals surface area contributed by atoms with E-state index in [9.17, 15) is 8.78 Å². The van der Waals surface area contributed by atoms with E-state index in [-0.39, 0.29) is 17.0 Å². The highest BCUT2D eigenvalue weighted by Gasteiger charge is 2.53. The molecular formula is C17H21F2N. The molecule has 0 spiro atoms. The van der Waals surface area contributed by atoms with E-state index in [1.165, 1.54) is 37.5 Å². The summed E-state index contributed by atoms with van der Waals surface area (Å²) >= 11 is 0. The molecule has 0 bridgehead atoms. The molecule has 2 unspecified atom stereocenters. The highest BCUT2D eigenvalue weighted by atomic mass is 19.1. The summed E-state index contributed by atoms with van der Waals surface area (Å²) in [5.41, 5.74) is 0.380. The second kappa shape index (κ2) is 4.52. The van der Waals surface area contributed by atoms with Crippen molar-refractivity contribution in [3.8, 4) is 0 Å². The Labute approximate surface area is 118 Å². The van der Waals surface area contributed by atoms with Crippen LogP contribution in [-0.4, -0.2) is 12.6 Å². The van der Waals surface area contributed by atoms with Gasteiger partial charge in [-0.3, -0.25) is 0 Å². The fourth-order valence-corrected chi connectivity index (χ4v) is 4.08. The highest BCUT2D eigenvalue weighted by Crippen LogP contribution is 2.60. The molecule has 0 saturated heterocycles. The van der Waals surface area contributed by atoms with Gasteiger partial charge in [0.25, 0.3) is 0 Å². The Morgan fingerprint density at radius 3 is 2.35 bits per heavy atom. The van der Waals surface area contributed by atoms with E-state index in [0.29, 0.717) is 18.0 Å². The summed E-state index contributed by atoms with van der Waals surface area (Å²) in [6.45, 7) is 0.929. The first-order valence-corrected chi connectivity index (χ1v) is 7.81. The molecule has 0 aliphatic heterocycles. The molecule has 0 aromatic heterocycles. The first-order valence-electron chi connectivity index (χ1n) is 7.81. The quantitative estimate of drug-likeness (QED) is 0.866. The van der Waals surface area contributed by atoms with Gasteiger partial charge in [0.1, 0.15) is 11.6 Å². The molecule has 4 rings (SSSR count). The van der Waals surface area contributed by atoms with Crippen molar-refractivity contribution in [2.24, 2.45) is 17.3 Å². The van der Waals surface area contributed by atoms with Crippen LogP contribution in [0.2, 0.25) is 0 Å². The molecule has 0 radical (unpaired) electrons. The van der Waals surface area contributed by atoms with E-state index in [2.05, 4.69) is 5.32 Å². The maximum Gasteiger partial charge on any atom is 0.129 e. The van der Waals surface area contributed by atoms with Crippen LogP contribution in [0.4, 0.5) is 8.78 Å². The molecule has 1 aromatic rings. The van der Waals surface area contributed by atoms with Crippen LogP contribution < -0.4 is 5.32 Å². The number of fused-ring (bicyclic) bond motifs is 1. The molecule has 1 aromatic carbocycles. The van der Waals surface area contributed by atoms with Crippen LogP contribution in [-0.2, 0) is 6.42 Å². The lowest BCUT2D eigenvalue weighted by Gasteiger charge is -2.32. The molecule has 2 atom stereocenters. The van der Waals surface area contributed by atoms with E-state index in [0.717, 1.165) is 31.2 Å². The Morgan fingerprint density at radius 2 is 1.75 bits per heavy atom. The van der Waals surface area contributed by atoms with Crippen molar-refractivity contribution >= 4 is 0 Å². The van der Waals surface area contributed by atoms with Crippen LogP contribution in [0, 0.1) is 28.9 Å². The van der Waals surface area contributed by atoms with Crippen molar-refractivity contribution in [2.75, 3.05) is 6.54 Å². The number of hydrogen-bond acceptors (Lipinski definition) is 1. The summed E-state index contributed by atoms with van der Waals surface area (Å²) < 4.78 is 27.9. The van der Waals surface area contributed by atoms with E-state index in [4.69, 9.17) is 0 Å². The third-order valence-electron chi connectivity index (χ3n) is 5.42. The van der Waals surface area contributed by atoms with Gasteiger partial charge < -0.3 is 5.32 Å². The predicted octanol–water partition coefficient (Wildman–Crippen LogP) is 3.68. The fraction of sp³-hybridized carbons (Fsp3) is 0.647.